The maximum atomic E-state index is 13.9. The summed E-state index contributed by atoms with van der Waals surface area (Å²) in [5.74, 6) is -2.34. The molecule has 2 saturated carbocycles. The summed E-state index contributed by atoms with van der Waals surface area (Å²) >= 11 is 0. The number of nitrogens with zero attached hydrogens (tertiary/aromatic N) is 1. The van der Waals surface area contributed by atoms with Gasteiger partial charge in [0.1, 0.15) is 29.8 Å². The SMILES string of the molecule is NC(=O)[C@@H]1CCCN1C(=O)[C@H](CCCCCCC[C@@H]1C[C@@H]1P(=O)(O)Cc1c(F)cccc1F)NC(=O)OC1CCCC1. The molecule has 1 aromatic carbocycles. The Kier molecular flexibility index (Phi) is 11.4. The van der Waals surface area contributed by atoms with Crippen molar-refractivity contribution in [2.75, 3.05) is 6.54 Å². The van der Waals surface area contributed by atoms with Gasteiger partial charge < -0.3 is 25.6 Å². The van der Waals surface area contributed by atoms with Gasteiger partial charge in [-0.15, -0.1) is 0 Å². The van der Waals surface area contributed by atoms with Gasteiger partial charge in [-0.2, -0.15) is 0 Å². The lowest BCUT2D eigenvalue weighted by Crippen LogP contribution is -2.53. The summed E-state index contributed by atoms with van der Waals surface area (Å²) in [6.45, 7) is 0.431. The molecular weight excluding hydrogens is 567 g/mol. The Hall–Kier alpha value is -2.52. The largest absolute Gasteiger partial charge is 0.446 e. The molecule has 3 amide bonds. The Morgan fingerprint density at radius 3 is 2.40 bits per heavy atom. The molecule has 0 spiro atoms. The van der Waals surface area contributed by atoms with Crippen molar-refractivity contribution in [2.45, 2.75) is 120 Å². The molecule has 12 heteroatoms. The van der Waals surface area contributed by atoms with Crippen molar-refractivity contribution >= 4 is 25.3 Å². The number of hydrogen-bond acceptors (Lipinski definition) is 5. The van der Waals surface area contributed by atoms with Gasteiger partial charge in [0.25, 0.3) is 0 Å². The van der Waals surface area contributed by atoms with Gasteiger partial charge >= 0.3 is 6.09 Å². The zero-order valence-corrected chi connectivity index (χ0v) is 25.0. The third-order valence-electron chi connectivity index (χ3n) is 8.95. The normalized spacial score (nSPS) is 24.3. The van der Waals surface area contributed by atoms with Gasteiger partial charge in [-0.25, -0.2) is 13.6 Å². The number of ether oxygens (including phenoxy) is 1. The van der Waals surface area contributed by atoms with Crippen molar-refractivity contribution in [2.24, 2.45) is 11.7 Å². The molecule has 0 aromatic heterocycles. The van der Waals surface area contributed by atoms with Gasteiger partial charge in [0, 0.05) is 17.8 Å². The van der Waals surface area contributed by atoms with Crippen LogP contribution >= 0.6 is 7.37 Å². The monoisotopic (exact) mass is 611 g/mol. The van der Waals surface area contributed by atoms with Crippen LogP contribution in [0.25, 0.3) is 0 Å². The second-order valence-corrected chi connectivity index (χ2v) is 14.6. The van der Waals surface area contributed by atoms with Crippen molar-refractivity contribution in [3.8, 4) is 0 Å². The fourth-order valence-electron chi connectivity index (χ4n) is 6.47. The molecule has 5 atom stereocenters. The second-order valence-electron chi connectivity index (χ2n) is 12.1. The number of carbonyl (C=O) groups is 3. The van der Waals surface area contributed by atoms with Gasteiger partial charge in [0.05, 0.1) is 6.16 Å². The summed E-state index contributed by atoms with van der Waals surface area (Å²) < 4.78 is 46.2. The maximum absolute atomic E-state index is 13.9. The van der Waals surface area contributed by atoms with E-state index in [0.717, 1.165) is 69.9 Å². The highest BCUT2D eigenvalue weighted by atomic mass is 31.2. The number of alkyl carbamates (subject to hydrolysis) is 1. The number of hydrogen-bond donors (Lipinski definition) is 3. The van der Waals surface area contributed by atoms with Crippen molar-refractivity contribution in [3.05, 3.63) is 35.4 Å². The average molecular weight is 612 g/mol. The van der Waals surface area contributed by atoms with Gasteiger partial charge in [-0.3, -0.25) is 14.2 Å². The van der Waals surface area contributed by atoms with Crippen molar-refractivity contribution in [1.82, 2.24) is 10.2 Å². The fraction of sp³-hybridized carbons (Fsp3) is 0.700. The predicted octanol–water partition coefficient (Wildman–Crippen LogP) is 5.37. The van der Waals surface area contributed by atoms with E-state index in [2.05, 4.69) is 5.32 Å². The summed E-state index contributed by atoms with van der Waals surface area (Å²) in [7, 11) is -3.70. The number of rotatable bonds is 15. The van der Waals surface area contributed by atoms with E-state index < -0.39 is 54.9 Å². The number of nitrogens with one attached hydrogen (secondary N) is 1. The number of likely N-dealkylation sites (tertiary alicyclic amines) is 1. The highest BCUT2D eigenvalue weighted by molar-refractivity contribution is 7.58. The van der Waals surface area contributed by atoms with Crippen molar-refractivity contribution in [3.63, 3.8) is 0 Å². The Balaban J connectivity index is 1.17. The molecule has 9 nitrogen and oxygen atoms in total. The first kappa shape index (κ1) is 32.4. The van der Waals surface area contributed by atoms with Gasteiger partial charge in [0.2, 0.25) is 19.2 Å². The molecule has 0 radical (unpaired) electrons. The Bertz CT molecular complexity index is 1140. The molecule has 3 fully saturated rings. The lowest BCUT2D eigenvalue weighted by atomic mass is 10.0. The Morgan fingerprint density at radius 2 is 1.71 bits per heavy atom. The van der Waals surface area contributed by atoms with Crippen LogP contribution in [0.5, 0.6) is 0 Å². The average Bonchev–Trinajstić information content (AvgIpc) is 3.30. The molecule has 4 N–H and O–H groups in total. The number of carbonyl (C=O) groups excluding carboxylic acids is 3. The lowest BCUT2D eigenvalue weighted by molar-refractivity contribution is -0.139. The topological polar surface area (TPSA) is 139 Å². The Labute approximate surface area is 246 Å². The smallest absolute Gasteiger partial charge is 0.408 e. The summed E-state index contributed by atoms with van der Waals surface area (Å²) in [6.07, 6.45) is 9.69. The molecule has 1 unspecified atom stereocenters. The third-order valence-corrected chi connectivity index (χ3v) is 11.4. The number of benzene rings is 1. The van der Waals surface area contributed by atoms with E-state index in [-0.39, 0.29) is 23.5 Å². The van der Waals surface area contributed by atoms with E-state index in [0.29, 0.717) is 38.6 Å². The predicted molar refractivity (Wildman–Crippen MR) is 154 cm³/mol. The van der Waals surface area contributed by atoms with Crippen molar-refractivity contribution < 1.29 is 37.4 Å². The van der Waals surface area contributed by atoms with Gasteiger partial charge in [-0.05, 0) is 75.8 Å². The van der Waals surface area contributed by atoms with E-state index >= 15 is 0 Å². The minimum Gasteiger partial charge on any atom is -0.446 e. The van der Waals surface area contributed by atoms with Crippen LogP contribution in [-0.4, -0.2) is 58.1 Å². The molecular formula is C30H44F2N3O6P. The molecule has 1 saturated heterocycles. The zero-order chi connectivity index (χ0) is 30.3. The first-order chi connectivity index (χ1) is 20.1. The summed E-state index contributed by atoms with van der Waals surface area (Å²) in [4.78, 5) is 49.7. The van der Waals surface area contributed by atoms with Crippen LogP contribution in [0.15, 0.2) is 18.2 Å². The highest BCUT2D eigenvalue weighted by Gasteiger charge is 2.49. The van der Waals surface area contributed by atoms with E-state index in [4.69, 9.17) is 10.5 Å². The van der Waals surface area contributed by atoms with Crippen LogP contribution in [0.1, 0.15) is 95.5 Å². The summed E-state index contributed by atoms with van der Waals surface area (Å²) in [5.41, 5.74) is 4.78. The molecule has 4 rings (SSSR count). The molecule has 1 heterocycles. The highest BCUT2D eigenvalue weighted by Crippen LogP contribution is 2.64. The molecule has 1 aromatic rings. The van der Waals surface area contributed by atoms with E-state index in [9.17, 15) is 32.6 Å². The van der Waals surface area contributed by atoms with E-state index in [1.54, 1.807) is 0 Å². The van der Waals surface area contributed by atoms with Crippen LogP contribution in [0.2, 0.25) is 0 Å². The minimum atomic E-state index is -3.70. The second kappa shape index (κ2) is 14.8. The summed E-state index contributed by atoms with van der Waals surface area (Å²) in [5, 5.41) is 2.75. The van der Waals surface area contributed by atoms with E-state index in [1.807, 2.05) is 0 Å². The molecule has 1 aliphatic heterocycles. The lowest BCUT2D eigenvalue weighted by Gasteiger charge is -2.28. The number of primary amides is 1. The van der Waals surface area contributed by atoms with Crippen LogP contribution in [0.3, 0.4) is 0 Å². The van der Waals surface area contributed by atoms with Crippen molar-refractivity contribution in [1.29, 1.82) is 0 Å². The van der Waals surface area contributed by atoms with Gasteiger partial charge in [0.15, 0.2) is 0 Å². The van der Waals surface area contributed by atoms with E-state index in [1.165, 1.54) is 11.0 Å². The first-order valence-electron chi connectivity index (χ1n) is 15.4. The third kappa shape index (κ3) is 8.75. The Morgan fingerprint density at radius 1 is 1.05 bits per heavy atom. The van der Waals surface area contributed by atoms with Crippen LogP contribution in [0.4, 0.5) is 13.6 Å². The summed E-state index contributed by atoms with van der Waals surface area (Å²) in [6, 6.07) is 2.00. The van der Waals surface area contributed by atoms with Crippen LogP contribution in [-0.2, 0) is 25.1 Å². The maximum Gasteiger partial charge on any atom is 0.408 e. The molecule has 0 bridgehead atoms. The fourth-order valence-corrected chi connectivity index (χ4v) is 8.86. The molecule has 42 heavy (non-hydrogen) atoms. The standard InChI is InChI=1S/C30H44F2N3O6P/c31-23-13-8-14-24(32)22(23)19-42(39,40)27-18-20(27)10-4-2-1-3-5-15-25(34-30(38)41-21-11-6-7-12-21)29(37)35-17-9-16-26(35)28(33)36/h8,13-14,20-21,25-27H,1-7,9-12,15-19H2,(H2,33,36)(H,34,38)(H,39,40)/t20-,25+,26+,27+/m1/s1. The number of unbranched alkanes of at least 4 members (excludes halogenated alkanes) is 4. The minimum absolute atomic E-state index is 0.0893. The van der Waals surface area contributed by atoms with Crippen LogP contribution < -0.4 is 11.1 Å². The number of halogens is 2. The number of nitrogens with two attached hydrogens (primary N) is 1. The molecule has 3 aliphatic rings. The van der Waals surface area contributed by atoms with Gasteiger partial charge in [-0.1, -0.05) is 38.2 Å². The number of amides is 3. The zero-order valence-electron chi connectivity index (χ0n) is 24.1. The molecule has 234 valence electrons. The first-order valence-corrected chi connectivity index (χ1v) is 17.3. The molecule has 2 aliphatic carbocycles. The van der Waals surface area contributed by atoms with Crippen LogP contribution in [0, 0.1) is 17.6 Å². The quantitative estimate of drug-likeness (QED) is 0.180.